The van der Waals surface area contributed by atoms with Gasteiger partial charge in [0, 0.05) is 54.4 Å². The fourth-order valence-electron chi connectivity index (χ4n) is 7.60. The van der Waals surface area contributed by atoms with Crippen molar-refractivity contribution >= 4 is 29.6 Å². The van der Waals surface area contributed by atoms with Crippen molar-refractivity contribution in [2.24, 2.45) is 46.4 Å². The Balaban J connectivity index is 3.54. The summed E-state index contributed by atoms with van der Waals surface area (Å²) in [7, 11) is 1.66. The number of nitrogens with two attached hydrogens (primary N) is 5. The first-order valence-corrected chi connectivity index (χ1v) is 23.1. The fraction of sp³-hybridized carbons (Fsp3) is 0.562. The topological polar surface area (TPSA) is 325 Å². The summed E-state index contributed by atoms with van der Waals surface area (Å²) in [6, 6.07) is 6.90. The number of allylic oxidation sites excluding steroid dienone is 1. The number of nitrogens with one attached hydrogen (secondary N) is 10. The molecule has 18 heteroatoms. The number of carbonyl (C=O) groups excluding carboxylic acids is 3. The van der Waals surface area contributed by atoms with E-state index in [4.69, 9.17) is 39.5 Å². The zero-order valence-corrected chi connectivity index (χ0v) is 40.3. The second-order valence-electron chi connectivity index (χ2n) is 17.7. The van der Waals surface area contributed by atoms with Crippen LogP contribution >= 0.6 is 0 Å². The average molecular weight is 920 g/mol. The molecule has 0 heterocycles. The van der Waals surface area contributed by atoms with Crippen molar-refractivity contribution in [3.63, 3.8) is 0 Å². The second-order valence-corrected chi connectivity index (χ2v) is 17.7. The van der Waals surface area contributed by atoms with E-state index in [0.29, 0.717) is 93.8 Å². The van der Waals surface area contributed by atoms with Crippen LogP contribution in [0.4, 0.5) is 0 Å². The third-order valence-corrected chi connectivity index (χ3v) is 11.1. The molecule has 0 bridgehead atoms. The number of amides is 3. The first-order valence-electron chi connectivity index (χ1n) is 23.1. The van der Waals surface area contributed by atoms with Gasteiger partial charge in [0.1, 0.15) is 0 Å². The minimum absolute atomic E-state index is 0.159. The molecule has 0 aliphatic carbocycles. The van der Waals surface area contributed by atoms with Crippen LogP contribution in [0.5, 0.6) is 0 Å². The van der Waals surface area contributed by atoms with Crippen LogP contribution in [0.15, 0.2) is 91.6 Å². The monoisotopic (exact) mass is 920 g/mol. The number of hydrogen-bond donors (Lipinski definition) is 15. The summed E-state index contributed by atoms with van der Waals surface area (Å²) in [4.78, 5) is 42.6. The molecular weight excluding hydrogens is 835 g/mol. The summed E-state index contributed by atoms with van der Waals surface area (Å²) in [5.41, 5.74) is 32.6. The highest BCUT2D eigenvalue weighted by molar-refractivity contribution is 5.85. The molecule has 1 rings (SSSR count). The van der Waals surface area contributed by atoms with Gasteiger partial charge in [-0.15, -0.1) is 6.58 Å². The Kier molecular flexibility index (Phi) is 27.9. The van der Waals surface area contributed by atoms with Crippen LogP contribution in [0.2, 0.25) is 0 Å². The minimum atomic E-state index is -0.753. The summed E-state index contributed by atoms with van der Waals surface area (Å²) in [6.07, 6.45) is 5.58. The number of guanidine groups is 2. The molecule has 370 valence electrons. The number of hydrogen-bond acceptors (Lipinski definition) is 11. The van der Waals surface area contributed by atoms with Crippen LogP contribution < -0.4 is 71.2 Å². The molecule has 20 N–H and O–H groups in total. The molecule has 0 radical (unpaired) electrons. The van der Waals surface area contributed by atoms with Gasteiger partial charge in [-0.2, -0.15) is 0 Å². The fourth-order valence-corrected chi connectivity index (χ4v) is 7.60. The highest BCUT2D eigenvalue weighted by Gasteiger charge is 2.34. The van der Waals surface area contributed by atoms with Gasteiger partial charge in [0.2, 0.25) is 17.7 Å². The molecule has 66 heavy (non-hydrogen) atoms. The van der Waals surface area contributed by atoms with E-state index in [9.17, 15) is 14.4 Å². The number of carbonyl (C=O) groups is 3. The van der Waals surface area contributed by atoms with E-state index < -0.39 is 30.0 Å². The number of likely N-dealkylation sites (N-methyl/N-ethyl adjacent to an activating group) is 1. The molecule has 0 saturated carbocycles. The third kappa shape index (κ3) is 24.3. The lowest BCUT2D eigenvalue weighted by Gasteiger charge is -2.32. The summed E-state index contributed by atoms with van der Waals surface area (Å²) >= 11 is 0. The van der Waals surface area contributed by atoms with Gasteiger partial charge in [-0.25, -0.2) is 0 Å². The zero-order valence-electron chi connectivity index (χ0n) is 40.3. The van der Waals surface area contributed by atoms with Crippen LogP contribution in [0.25, 0.3) is 0 Å². The van der Waals surface area contributed by atoms with Gasteiger partial charge in [-0.3, -0.25) is 25.2 Å². The number of rotatable bonds is 36. The summed E-state index contributed by atoms with van der Waals surface area (Å²) in [5, 5.41) is 40.3. The maximum absolute atomic E-state index is 14.8. The molecule has 4 unspecified atom stereocenters. The van der Waals surface area contributed by atoms with Gasteiger partial charge in [-0.1, -0.05) is 82.5 Å². The van der Waals surface area contributed by atoms with Gasteiger partial charge >= 0.3 is 0 Å². The average Bonchev–Trinajstić information content (AvgIpc) is 3.24. The Morgan fingerprint density at radius 3 is 1.76 bits per heavy atom. The molecular formula is C48H85N15O3. The lowest BCUT2D eigenvalue weighted by Crippen LogP contribution is -2.54. The van der Waals surface area contributed by atoms with E-state index in [1.807, 2.05) is 37.3 Å². The van der Waals surface area contributed by atoms with E-state index in [2.05, 4.69) is 89.3 Å². The molecule has 0 saturated heterocycles. The van der Waals surface area contributed by atoms with Crippen LogP contribution in [-0.4, -0.2) is 93.1 Å². The lowest BCUT2D eigenvalue weighted by molar-refractivity contribution is -0.129. The Hall–Kier alpha value is -6.01. The number of benzene rings is 1. The van der Waals surface area contributed by atoms with Crippen LogP contribution in [0.3, 0.4) is 0 Å². The van der Waals surface area contributed by atoms with Gasteiger partial charge in [0.05, 0.1) is 36.5 Å². The Morgan fingerprint density at radius 1 is 0.667 bits per heavy atom. The van der Waals surface area contributed by atoms with Crippen molar-refractivity contribution < 1.29 is 14.4 Å². The number of unbranched alkanes of at least 4 members (excludes halogenated alkanes) is 1. The maximum Gasteiger partial charge on any atom is 0.237 e. The van der Waals surface area contributed by atoms with Gasteiger partial charge in [0.25, 0.3) is 0 Å². The molecule has 0 spiro atoms. The predicted octanol–water partition coefficient (Wildman–Crippen LogP) is 2.08. The first-order chi connectivity index (χ1) is 31.2. The second kappa shape index (κ2) is 31.8. The quantitative estimate of drug-likeness (QED) is 0.0199. The molecule has 18 nitrogen and oxygen atoms in total. The zero-order chi connectivity index (χ0) is 49.8. The molecule has 0 aliphatic rings. The van der Waals surface area contributed by atoms with E-state index in [1.54, 1.807) is 7.05 Å². The van der Waals surface area contributed by atoms with Gasteiger partial charge < -0.3 is 71.2 Å². The highest BCUT2D eigenvalue weighted by atomic mass is 16.2. The molecule has 1 aromatic carbocycles. The summed E-state index contributed by atoms with van der Waals surface area (Å²) in [5.74, 6) is -2.14. The summed E-state index contributed by atoms with van der Waals surface area (Å²) < 4.78 is 0. The van der Waals surface area contributed by atoms with Crippen molar-refractivity contribution in [1.29, 1.82) is 10.8 Å². The highest BCUT2D eigenvalue weighted by Crippen LogP contribution is 2.23. The van der Waals surface area contributed by atoms with Crippen LogP contribution in [0.1, 0.15) is 90.5 Å². The van der Waals surface area contributed by atoms with Crippen molar-refractivity contribution in [1.82, 2.24) is 42.5 Å². The van der Waals surface area contributed by atoms with Crippen LogP contribution in [-0.2, 0) is 20.8 Å². The van der Waals surface area contributed by atoms with E-state index >= 15 is 0 Å². The van der Waals surface area contributed by atoms with Crippen molar-refractivity contribution in [3.8, 4) is 0 Å². The first kappa shape index (κ1) is 58.0. The molecule has 3 amide bonds. The molecule has 7 atom stereocenters. The Bertz CT molecular complexity index is 1750. The normalized spacial score (nSPS) is 14.2. The van der Waals surface area contributed by atoms with E-state index in [1.165, 1.54) is 0 Å². The van der Waals surface area contributed by atoms with E-state index in [0.717, 1.165) is 24.0 Å². The van der Waals surface area contributed by atoms with Gasteiger partial charge in [0.15, 0.2) is 11.9 Å². The van der Waals surface area contributed by atoms with Crippen molar-refractivity contribution in [3.05, 3.63) is 97.2 Å². The Labute approximate surface area is 394 Å². The maximum atomic E-state index is 14.8. The van der Waals surface area contributed by atoms with Crippen molar-refractivity contribution in [2.45, 2.75) is 122 Å². The largest absolute Gasteiger partial charge is 0.402 e. The minimum Gasteiger partial charge on any atom is -0.402 e. The Morgan fingerprint density at radius 2 is 1.23 bits per heavy atom. The third-order valence-electron chi connectivity index (χ3n) is 11.1. The van der Waals surface area contributed by atoms with Gasteiger partial charge in [-0.05, 0) is 89.8 Å². The lowest BCUT2D eigenvalue weighted by atomic mass is 9.87. The predicted molar refractivity (Wildman–Crippen MR) is 270 cm³/mol. The molecule has 0 aromatic heterocycles. The van der Waals surface area contributed by atoms with Crippen molar-refractivity contribution in [2.75, 3.05) is 33.2 Å². The molecule has 0 fully saturated rings. The van der Waals surface area contributed by atoms with Crippen LogP contribution in [0, 0.1) is 28.6 Å². The summed E-state index contributed by atoms with van der Waals surface area (Å²) in [6.45, 7) is 28.0. The molecule has 0 aliphatic heterocycles. The standard InChI is InChI=1S/C48H85N15O3/c1-30(2)25-37(44(64)63-42(34(7)51)26-31(3)4)40(19-13-14-22-49)60-33(6)29-59-35(8)39(20-15-23-57-47(52)53)61-45(65)38(28-36-17-11-10-12-18-36)41(21-16-24-58-48(54)55)62-46(66)43(56-9)27-32(5)50/h10-12,17-18,31,37-43,56,59-60H,1,5-8,13-16,19-29,49-51H2,2-4,9H3,(H,61,65)(H,62,66)(H,63,64)(H4,52,53,57)(H4,54,55,58)/t37-,38-,39?,40?,41?,42?,43+/m1/s1. The molecule has 1 aromatic rings. The SMILES string of the molecule is C=C(C)C[C@@H](C(=O)NC(CC(C)C)C(=C)N)C(CCCCN)NC(=C)CNC(=C)C(CCCNC(=N)N)NC(=O)[C@H](Cc1ccccc1)C(CCCNC(=N)N)NC(=O)[C@H](CC(=C)N)NC. The smallest absolute Gasteiger partial charge is 0.237 e. The van der Waals surface area contributed by atoms with E-state index in [-0.39, 0.29) is 60.6 Å².